The van der Waals surface area contributed by atoms with Crippen LogP contribution < -0.4 is 10.6 Å². The lowest BCUT2D eigenvalue weighted by atomic mass is 10.0. The number of amides is 1. The molecular weight excluding hydrogens is 152 g/mol. The van der Waals surface area contributed by atoms with Gasteiger partial charge in [0.25, 0.3) is 0 Å². The summed E-state index contributed by atoms with van der Waals surface area (Å²) in [7, 11) is 1.65. The van der Waals surface area contributed by atoms with Crippen LogP contribution in [-0.2, 0) is 4.79 Å². The first-order valence-electron chi connectivity index (χ1n) is 4.42. The third-order valence-corrected chi connectivity index (χ3v) is 2.13. The van der Waals surface area contributed by atoms with Crippen molar-refractivity contribution in [2.24, 2.45) is 0 Å². The van der Waals surface area contributed by atoms with Gasteiger partial charge in [0.15, 0.2) is 0 Å². The van der Waals surface area contributed by atoms with Crippen LogP contribution in [0.1, 0.15) is 34.1 Å². The molecular formula is C9H20N2O. The summed E-state index contributed by atoms with van der Waals surface area (Å²) in [6.45, 7) is 8.15. The number of carbonyl (C=O) groups is 1. The van der Waals surface area contributed by atoms with E-state index in [-0.39, 0.29) is 17.5 Å². The van der Waals surface area contributed by atoms with Crippen molar-refractivity contribution in [1.29, 1.82) is 0 Å². The molecule has 3 nitrogen and oxygen atoms in total. The third-order valence-electron chi connectivity index (χ3n) is 2.13. The molecule has 0 saturated carbocycles. The zero-order valence-electron chi connectivity index (χ0n) is 8.69. The maximum atomic E-state index is 11.1. The lowest BCUT2D eigenvalue weighted by molar-refractivity contribution is -0.122. The molecule has 0 aliphatic carbocycles. The van der Waals surface area contributed by atoms with Gasteiger partial charge in [0, 0.05) is 12.6 Å². The quantitative estimate of drug-likeness (QED) is 0.661. The number of carbonyl (C=O) groups excluding carboxylic acids is 1. The summed E-state index contributed by atoms with van der Waals surface area (Å²) in [5.74, 6) is 0.0384. The fraction of sp³-hybridized carbons (Fsp3) is 0.889. The minimum absolute atomic E-state index is 0.0337. The van der Waals surface area contributed by atoms with E-state index in [0.717, 1.165) is 6.42 Å². The van der Waals surface area contributed by atoms with Crippen LogP contribution in [0.4, 0.5) is 0 Å². The Bertz CT molecular complexity index is 155. The van der Waals surface area contributed by atoms with Crippen LogP contribution in [0.25, 0.3) is 0 Å². The predicted octanol–water partition coefficient (Wildman–Crippen LogP) is 0.899. The average molecular weight is 172 g/mol. The zero-order valence-corrected chi connectivity index (χ0v) is 8.69. The normalized spacial score (nSPS) is 14.1. The summed E-state index contributed by atoms with van der Waals surface area (Å²) in [6, 6.07) is -0.120. The van der Waals surface area contributed by atoms with E-state index in [1.54, 1.807) is 7.05 Å². The molecule has 1 unspecified atom stereocenters. The van der Waals surface area contributed by atoms with Gasteiger partial charge in [-0.25, -0.2) is 0 Å². The molecule has 0 aromatic rings. The predicted molar refractivity (Wildman–Crippen MR) is 51.0 cm³/mol. The number of nitrogens with one attached hydrogen (secondary N) is 2. The van der Waals surface area contributed by atoms with Crippen LogP contribution in [0.2, 0.25) is 0 Å². The van der Waals surface area contributed by atoms with Gasteiger partial charge in [-0.3, -0.25) is 4.79 Å². The standard InChI is InChI=1S/C9H20N2O/c1-6-9(3,4)11-7(2)8(12)10-5/h7,11H,6H2,1-5H3,(H,10,12). The first kappa shape index (κ1) is 11.4. The molecule has 0 rings (SSSR count). The summed E-state index contributed by atoms with van der Waals surface area (Å²) in [4.78, 5) is 11.1. The molecule has 72 valence electrons. The Kier molecular flexibility index (Phi) is 4.24. The number of hydrogen-bond donors (Lipinski definition) is 2. The molecule has 0 radical (unpaired) electrons. The van der Waals surface area contributed by atoms with Gasteiger partial charge in [-0.2, -0.15) is 0 Å². The summed E-state index contributed by atoms with van der Waals surface area (Å²) in [6.07, 6.45) is 1.01. The van der Waals surface area contributed by atoms with E-state index in [4.69, 9.17) is 0 Å². The van der Waals surface area contributed by atoms with Crippen molar-refractivity contribution in [2.45, 2.75) is 45.7 Å². The topological polar surface area (TPSA) is 41.1 Å². The highest BCUT2D eigenvalue weighted by Crippen LogP contribution is 2.07. The minimum Gasteiger partial charge on any atom is -0.358 e. The summed E-state index contributed by atoms with van der Waals surface area (Å²) in [5.41, 5.74) is 0.0337. The van der Waals surface area contributed by atoms with Gasteiger partial charge in [0.2, 0.25) is 5.91 Å². The van der Waals surface area contributed by atoms with Gasteiger partial charge in [-0.1, -0.05) is 6.92 Å². The molecule has 0 aliphatic rings. The Morgan fingerprint density at radius 3 is 2.33 bits per heavy atom. The average Bonchev–Trinajstić information content (AvgIpc) is 2.02. The van der Waals surface area contributed by atoms with Crippen molar-refractivity contribution >= 4 is 5.91 Å². The maximum Gasteiger partial charge on any atom is 0.236 e. The van der Waals surface area contributed by atoms with Gasteiger partial charge in [0.05, 0.1) is 6.04 Å². The molecule has 0 fully saturated rings. The lowest BCUT2D eigenvalue weighted by Gasteiger charge is -2.28. The van der Waals surface area contributed by atoms with Gasteiger partial charge in [0.1, 0.15) is 0 Å². The summed E-state index contributed by atoms with van der Waals surface area (Å²) < 4.78 is 0. The van der Waals surface area contributed by atoms with Gasteiger partial charge in [-0.05, 0) is 27.2 Å². The summed E-state index contributed by atoms with van der Waals surface area (Å²) >= 11 is 0. The van der Waals surface area contributed by atoms with Crippen LogP contribution >= 0.6 is 0 Å². The Balaban J connectivity index is 3.99. The van der Waals surface area contributed by atoms with E-state index >= 15 is 0 Å². The second kappa shape index (κ2) is 4.45. The van der Waals surface area contributed by atoms with Crippen molar-refractivity contribution in [3.8, 4) is 0 Å². The molecule has 0 saturated heterocycles. The first-order valence-corrected chi connectivity index (χ1v) is 4.42. The van der Waals surface area contributed by atoms with Crippen LogP contribution in [0.5, 0.6) is 0 Å². The molecule has 0 heterocycles. The minimum atomic E-state index is -0.120. The van der Waals surface area contributed by atoms with E-state index in [0.29, 0.717) is 0 Å². The molecule has 0 aromatic carbocycles. The Labute approximate surface area is 74.9 Å². The number of rotatable bonds is 4. The SMILES string of the molecule is CCC(C)(C)NC(C)C(=O)NC. The van der Waals surface area contributed by atoms with E-state index in [2.05, 4.69) is 31.4 Å². The van der Waals surface area contributed by atoms with E-state index in [1.807, 2.05) is 6.92 Å². The number of likely N-dealkylation sites (N-methyl/N-ethyl adjacent to an activating group) is 1. The smallest absolute Gasteiger partial charge is 0.236 e. The highest BCUT2D eigenvalue weighted by molar-refractivity contribution is 5.81. The summed E-state index contributed by atoms with van der Waals surface area (Å²) in [5, 5.41) is 5.85. The van der Waals surface area contributed by atoms with E-state index < -0.39 is 0 Å². The second-order valence-corrected chi connectivity index (χ2v) is 3.72. The highest BCUT2D eigenvalue weighted by atomic mass is 16.2. The van der Waals surface area contributed by atoms with Crippen molar-refractivity contribution in [1.82, 2.24) is 10.6 Å². The fourth-order valence-electron chi connectivity index (χ4n) is 0.970. The molecule has 12 heavy (non-hydrogen) atoms. The lowest BCUT2D eigenvalue weighted by Crippen LogP contribution is -2.50. The van der Waals surface area contributed by atoms with Crippen LogP contribution in [0, 0.1) is 0 Å². The maximum absolute atomic E-state index is 11.1. The van der Waals surface area contributed by atoms with Crippen LogP contribution in [0.15, 0.2) is 0 Å². The molecule has 0 aliphatic heterocycles. The Morgan fingerprint density at radius 2 is 2.00 bits per heavy atom. The van der Waals surface area contributed by atoms with E-state index in [9.17, 15) is 4.79 Å². The first-order chi connectivity index (χ1) is 5.43. The van der Waals surface area contributed by atoms with Crippen molar-refractivity contribution < 1.29 is 4.79 Å². The molecule has 0 aromatic heterocycles. The van der Waals surface area contributed by atoms with Crippen molar-refractivity contribution in [3.63, 3.8) is 0 Å². The fourth-order valence-corrected chi connectivity index (χ4v) is 0.970. The molecule has 1 atom stereocenters. The molecule has 2 N–H and O–H groups in total. The zero-order chi connectivity index (χ0) is 9.78. The Morgan fingerprint density at radius 1 is 1.50 bits per heavy atom. The monoisotopic (exact) mass is 172 g/mol. The number of hydrogen-bond acceptors (Lipinski definition) is 2. The van der Waals surface area contributed by atoms with Gasteiger partial charge < -0.3 is 10.6 Å². The van der Waals surface area contributed by atoms with E-state index in [1.165, 1.54) is 0 Å². The Hall–Kier alpha value is -0.570. The van der Waals surface area contributed by atoms with Crippen LogP contribution in [-0.4, -0.2) is 24.5 Å². The van der Waals surface area contributed by atoms with Crippen molar-refractivity contribution in [2.75, 3.05) is 7.05 Å². The molecule has 3 heteroatoms. The van der Waals surface area contributed by atoms with Gasteiger partial charge >= 0.3 is 0 Å². The highest BCUT2D eigenvalue weighted by Gasteiger charge is 2.20. The van der Waals surface area contributed by atoms with Gasteiger partial charge in [-0.15, -0.1) is 0 Å². The molecule has 0 bridgehead atoms. The van der Waals surface area contributed by atoms with Crippen molar-refractivity contribution in [3.05, 3.63) is 0 Å². The molecule has 1 amide bonds. The third kappa shape index (κ3) is 3.72. The second-order valence-electron chi connectivity index (χ2n) is 3.72. The molecule has 0 spiro atoms. The van der Waals surface area contributed by atoms with Crippen LogP contribution in [0.3, 0.4) is 0 Å². The largest absolute Gasteiger partial charge is 0.358 e.